The monoisotopic (exact) mass is 264 g/mol. The fraction of sp³-hybridized carbons (Fsp3) is 0.533. The van der Waals surface area contributed by atoms with Crippen LogP contribution in [0.1, 0.15) is 31.7 Å². The first kappa shape index (κ1) is 15.5. The van der Waals surface area contributed by atoms with Crippen molar-refractivity contribution in [3.8, 4) is 5.75 Å². The van der Waals surface area contributed by atoms with E-state index in [4.69, 9.17) is 10.5 Å². The van der Waals surface area contributed by atoms with Crippen LogP contribution >= 0.6 is 0 Å². The number of carbonyl (C=O) groups is 1. The Morgan fingerprint density at radius 3 is 2.95 bits per heavy atom. The van der Waals surface area contributed by atoms with Gasteiger partial charge in [-0.05, 0) is 30.5 Å². The molecule has 3 N–H and O–H groups in total. The number of carbonyl (C=O) groups excluding carboxylic acids is 1. The Bertz CT molecular complexity index is 393. The number of nitrogens with one attached hydrogen (secondary N) is 1. The maximum atomic E-state index is 11.6. The van der Waals surface area contributed by atoms with E-state index in [1.165, 1.54) is 0 Å². The molecule has 19 heavy (non-hydrogen) atoms. The van der Waals surface area contributed by atoms with E-state index < -0.39 is 0 Å². The molecule has 0 fully saturated rings. The zero-order valence-corrected chi connectivity index (χ0v) is 11.8. The molecule has 0 radical (unpaired) electrons. The molecule has 0 aliphatic heterocycles. The van der Waals surface area contributed by atoms with Crippen molar-refractivity contribution in [2.24, 2.45) is 5.73 Å². The predicted octanol–water partition coefficient (Wildman–Crippen LogP) is 1.87. The summed E-state index contributed by atoms with van der Waals surface area (Å²) in [7, 11) is 1.65. The standard InChI is InChI=1S/C15H24N2O2/c1-3-5-13(16)11-15(18)17-9-8-12-6-4-7-14(10-12)19-2/h4,6-7,10,13H,3,5,8-9,11,16H2,1-2H3,(H,17,18). The van der Waals surface area contributed by atoms with E-state index in [0.717, 1.165) is 30.6 Å². The maximum absolute atomic E-state index is 11.6. The summed E-state index contributed by atoms with van der Waals surface area (Å²) in [5.74, 6) is 0.873. The molecular formula is C15H24N2O2. The molecule has 0 aromatic heterocycles. The maximum Gasteiger partial charge on any atom is 0.221 e. The number of amides is 1. The molecule has 1 unspecified atom stereocenters. The molecule has 0 bridgehead atoms. The number of benzene rings is 1. The lowest BCUT2D eigenvalue weighted by Crippen LogP contribution is -2.32. The summed E-state index contributed by atoms with van der Waals surface area (Å²) < 4.78 is 5.16. The predicted molar refractivity (Wildman–Crippen MR) is 77.2 cm³/mol. The highest BCUT2D eigenvalue weighted by Gasteiger charge is 2.07. The molecule has 0 aliphatic rings. The van der Waals surface area contributed by atoms with Gasteiger partial charge in [0, 0.05) is 19.0 Å². The highest BCUT2D eigenvalue weighted by atomic mass is 16.5. The Labute approximate surface area is 115 Å². The molecule has 0 saturated heterocycles. The van der Waals surface area contributed by atoms with E-state index in [1.807, 2.05) is 24.3 Å². The average molecular weight is 264 g/mol. The van der Waals surface area contributed by atoms with Gasteiger partial charge < -0.3 is 15.8 Å². The Balaban J connectivity index is 2.27. The van der Waals surface area contributed by atoms with Crippen molar-refractivity contribution in [3.05, 3.63) is 29.8 Å². The zero-order valence-electron chi connectivity index (χ0n) is 11.8. The minimum Gasteiger partial charge on any atom is -0.497 e. The zero-order chi connectivity index (χ0) is 14.1. The number of nitrogens with two attached hydrogens (primary N) is 1. The molecule has 0 saturated carbocycles. The summed E-state index contributed by atoms with van der Waals surface area (Å²) in [5.41, 5.74) is 6.98. The van der Waals surface area contributed by atoms with E-state index in [-0.39, 0.29) is 11.9 Å². The largest absolute Gasteiger partial charge is 0.497 e. The van der Waals surface area contributed by atoms with E-state index in [9.17, 15) is 4.79 Å². The summed E-state index contributed by atoms with van der Waals surface area (Å²) in [5, 5.41) is 2.90. The summed E-state index contributed by atoms with van der Waals surface area (Å²) in [6.45, 7) is 2.70. The summed E-state index contributed by atoms with van der Waals surface area (Å²) >= 11 is 0. The van der Waals surface area contributed by atoms with Crippen molar-refractivity contribution in [3.63, 3.8) is 0 Å². The molecule has 0 spiro atoms. The quantitative estimate of drug-likeness (QED) is 0.753. The molecule has 4 nitrogen and oxygen atoms in total. The molecule has 1 aromatic rings. The minimum absolute atomic E-state index is 0.0261. The van der Waals surface area contributed by atoms with Gasteiger partial charge in [-0.15, -0.1) is 0 Å². The highest BCUT2D eigenvalue weighted by Crippen LogP contribution is 2.12. The lowest BCUT2D eigenvalue weighted by Gasteiger charge is -2.10. The van der Waals surface area contributed by atoms with Crippen molar-refractivity contribution in [1.82, 2.24) is 5.32 Å². The van der Waals surface area contributed by atoms with Crippen LogP contribution in [0.25, 0.3) is 0 Å². The second-order valence-electron chi connectivity index (χ2n) is 4.70. The Kier molecular flexibility index (Phi) is 6.97. The van der Waals surface area contributed by atoms with Gasteiger partial charge in [-0.2, -0.15) is 0 Å². The van der Waals surface area contributed by atoms with Gasteiger partial charge in [0.2, 0.25) is 5.91 Å². The molecule has 0 aliphatic carbocycles. The molecule has 4 heteroatoms. The lowest BCUT2D eigenvalue weighted by atomic mass is 10.1. The van der Waals surface area contributed by atoms with E-state index >= 15 is 0 Å². The second-order valence-corrected chi connectivity index (χ2v) is 4.70. The van der Waals surface area contributed by atoms with Crippen LogP contribution in [-0.2, 0) is 11.2 Å². The van der Waals surface area contributed by atoms with Gasteiger partial charge in [0.1, 0.15) is 5.75 Å². The van der Waals surface area contributed by atoms with Gasteiger partial charge in [0.15, 0.2) is 0 Å². The number of hydrogen-bond acceptors (Lipinski definition) is 3. The van der Waals surface area contributed by atoms with Crippen LogP contribution in [0.3, 0.4) is 0 Å². The second kappa shape index (κ2) is 8.53. The van der Waals surface area contributed by atoms with Gasteiger partial charge in [0.05, 0.1) is 7.11 Å². The van der Waals surface area contributed by atoms with Crippen LogP contribution in [0.4, 0.5) is 0 Å². The summed E-state index contributed by atoms with van der Waals surface area (Å²) in [6.07, 6.45) is 3.11. The van der Waals surface area contributed by atoms with Crippen molar-refractivity contribution in [1.29, 1.82) is 0 Å². The summed E-state index contributed by atoms with van der Waals surface area (Å²) in [6, 6.07) is 7.84. The first-order chi connectivity index (χ1) is 9.15. The van der Waals surface area contributed by atoms with Crippen molar-refractivity contribution >= 4 is 5.91 Å². The SMILES string of the molecule is CCCC(N)CC(=O)NCCc1cccc(OC)c1. The fourth-order valence-corrected chi connectivity index (χ4v) is 1.96. The van der Waals surface area contributed by atoms with Crippen molar-refractivity contribution in [2.75, 3.05) is 13.7 Å². The molecular weight excluding hydrogens is 240 g/mol. The fourth-order valence-electron chi connectivity index (χ4n) is 1.96. The lowest BCUT2D eigenvalue weighted by molar-refractivity contribution is -0.121. The van der Waals surface area contributed by atoms with Gasteiger partial charge in [-0.25, -0.2) is 0 Å². The van der Waals surface area contributed by atoms with Crippen molar-refractivity contribution in [2.45, 2.75) is 38.6 Å². The number of hydrogen-bond donors (Lipinski definition) is 2. The topological polar surface area (TPSA) is 64.4 Å². The Hall–Kier alpha value is -1.55. The van der Waals surface area contributed by atoms with Crippen LogP contribution < -0.4 is 15.8 Å². The summed E-state index contributed by atoms with van der Waals surface area (Å²) in [4.78, 5) is 11.6. The molecule has 1 rings (SSSR count). The molecule has 0 heterocycles. The average Bonchev–Trinajstić information content (AvgIpc) is 2.39. The van der Waals surface area contributed by atoms with E-state index in [0.29, 0.717) is 13.0 Å². The van der Waals surface area contributed by atoms with Crippen LogP contribution in [0, 0.1) is 0 Å². The van der Waals surface area contributed by atoms with Crippen LogP contribution in [0.2, 0.25) is 0 Å². The smallest absolute Gasteiger partial charge is 0.221 e. The first-order valence-electron chi connectivity index (χ1n) is 6.81. The third-order valence-electron chi connectivity index (χ3n) is 2.98. The van der Waals surface area contributed by atoms with Gasteiger partial charge in [-0.1, -0.05) is 25.5 Å². The number of ether oxygens (including phenoxy) is 1. The number of rotatable bonds is 8. The third kappa shape index (κ3) is 6.25. The van der Waals surface area contributed by atoms with Crippen LogP contribution in [-0.4, -0.2) is 25.6 Å². The van der Waals surface area contributed by atoms with Crippen LogP contribution in [0.15, 0.2) is 24.3 Å². The molecule has 106 valence electrons. The van der Waals surface area contributed by atoms with E-state index in [2.05, 4.69) is 12.2 Å². The molecule has 1 aromatic carbocycles. The van der Waals surface area contributed by atoms with Gasteiger partial charge >= 0.3 is 0 Å². The van der Waals surface area contributed by atoms with Crippen molar-refractivity contribution < 1.29 is 9.53 Å². The molecule has 1 atom stereocenters. The first-order valence-corrected chi connectivity index (χ1v) is 6.81. The Morgan fingerprint density at radius 1 is 1.47 bits per heavy atom. The number of methoxy groups -OCH3 is 1. The third-order valence-corrected chi connectivity index (χ3v) is 2.98. The highest BCUT2D eigenvalue weighted by molar-refractivity contribution is 5.76. The Morgan fingerprint density at radius 2 is 2.26 bits per heavy atom. The molecule has 1 amide bonds. The van der Waals surface area contributed by atoms with Gasteiger partial charge in [0.25, 0.3) is 0 Å². The normalized spacial score (nSPS) is 11.9. The van der Waals surface area contributed by atoms with E-state index in [1.54, 1.807) is 7.11 Å². The van der Waals surface area contributed by atoms with Crippen LogP contribution in [0.5, 0.6) is 5.75 Å². The van der Waals surface area contributed by atoms with Gasteiger partial charge in [-0.3, -0.25) is 4.79 Å². The minimum atomic E-state index is -0.0261.